The van der Waals surface area contributed by atoms with E-state index in [0.717, 1.165) is 24.2 Å². The molecular weight excluding hydrogens is 336 g/mol. The second kappa shape index (κ2) is 10.0. The molecule has 27 heavy (non-hydrogen) atoms. The number of carbonyl (C=O) groups excluding carboxylic acids is 1. The molecule has 1 fully saturated rings. The molecule has 0 radical (unpaired) electrons. The van der Waals surface area contributed by atoms with Crippen LogP contribution in [0.2, 0.25) is 0 Å². The van der Waals surface area contributed by atoms with Crippen LogP contribution in [0.4, 0.5) is 5.69 Å². The van der Waals surface area contributed by atoms with Crippen LogP contribution in [0.5, 0.6) is 5.75 Å². The van der Waals surface area contributed by atoms with Gasteiger partial charge in [0.05, 0.1) is 13.5 Å². The van der Waals surface area contributed by atoms with E-state index in [0.29, 0.717) is 13.0 Å². The van der Waals surface area contributed by atoms with Crippen molar-refractivity contribution in [2.45, 2.75) is 38.5 Å². The molecule has 4 heteroatoms. The number of nitrogens with zero attached hydrogens (tertiary/aromatic N) is 1. The zero-order chi connectivity index (χ0) is 18.9. The fraction of sp³-hybridized carbons (Fsp3) is 0.435. The van der Waals surface area contributed by atoms with Crippen LogP contribution in [-0.2, 0) is 17.6 Å². The highest BCUT2D eigenvalue weighted by molar-refractivity contribution is 5.78. The summed E-state index contributed by atoms with van der Waals surface area (Å²) in [4.78, 5) is 14.5. The molecule has 2 aromatic rings. The number of methoxy groups -OCH3 is 1. The van der Waals surface area contributed by atoms with E-state index >= 15 is 0 Å². The summed E-state index contributed by atoms with van der Waals surface area (Å²) in [5.41, 5.74) is 3.67. The van der Waals surface area contributed by atoms with Crippen LogP contribution in [0, 0.1) is 0 Å². The van der Waals surface area contributed by atoms with Gasteiger partial charge in [-0.05, 0) is 67.5 Å². The molecule has 1 heterocycles. The van der Waals surface area contributed by atoms with Gasteiger partial charge < -0.3 is 15.0 Å². The summed E-state index contributed by atoms with van der Waals surface area (Å²) < 4.78 is 5.13. The van der Waals surface area contributed by atoms with Crippen molar-refractivity contribution < 1.29 is 9.53 Å². The van der Waals surface area contributed by atoms with Gasteiger partial charge in [0.15, 0.2) is 0 Å². The minimum absolute atomic E-state index is 0.0700. The Hall–Kier alpha value is -2.49. The number of carbonyl (C=O) groups is 1. The van der Waals surface area contributed by atoms with Crippen LogP contribution >= 0.6 is 0 Å². The molecule has 1 saturated heterocycles. The SMILES string of the molecule is COc1ccc(CC(=O)NCCCc2ccc(N3CCCCC3)cc2)cc1. The summed E-state index contributed by atoms with van der Waals surface area (Å²) in [5, 5.41) is 3.01. The van der Waals surface area contributed by atoms with Crippen LogP contribution in [0.3, 0.4) is 0 Å². The van der Waals surface area contributed by atoms with E-state index < -0.39 is 0 Å². The number of piperidine rings is 1. The van der Waals surface area contributed by atoms with E-state index in [-0.39, 0.29) is 5.91 Å². The van der Waals surface area contributed by atoms with Crippen molar-refractivity contribution in [3.8, 4) is 5.75 Å². The molecule has 4 nitrogen and oxygen atoms in total. The summed E-state index contributed by atoms with van der Waals surface area (Å²) in [6.45, 7) is 3.07. The van der Waals surface area contributed by atoms with Crippen molar-refractivity contribution in [3.05, 3.63) is 59.7 Å². The number of anilines is 1. The zero-order valence-electron chi connectivity index (χ0n) is 16.2. The van der Waals surface area contributed by atoms with E-state index in [1.165, 1.54) is 43.6 Å². The maximum absolute atomic E-state index is 12.1. The maximum Gasteiger partial charge on any atom is 0.224 e. The number of ether oxygens (including phenoxy) is 1. The molecule has 1 amide bonds. The third-order valence-corrected chi connectivity index (χ3v) is 5.15. The lowest BCUT2D eigenvalue weighted by Crippen LogP contribution is -2.29. The first-order chi connectivity index (χ1) is 13.2. The second-order valence-corrected chi connectivity index (χ2v) is 7.19. The summed E-state index contributed by atoms with van der Waals surface area (Å²) in [6, 6.07) is 16.6. The molecular formula is C23H30N2O2. The first-order valence-electron chi connectivity index (χ1n) is 9.98. The fourth-order valence-electron chi connectivity index (χ4n) is 3.54. The first kappa shape index (κ1) is 19.3. The largest absolute Gasteiger partial charge is 0.497 e. The standard InChI is InChI=1S/C23H30N2O2/c1-27-22-13-9-20(10-14-22)18-23(26)24-15-5-6-19-7-11-21(12-8-19)25-16-3-2-4-17-25/h7-14H,2-6,15-18H2,1H3,(H,24,26). The van der Waals surface area contributed by atoms with Gasteiger partial charge >= 0.3 is 0 Å². The Kier molecular flexibility index (Phi) is 7.14. The smallest absolute Gasteiger partial charge is 0.224 e. The Labute approximate surface area is 162 Å². The fourth-order valence-corrected chi connectivity index (χ4v) is 3.54. The van der Waals surface area contributed by atoms with E-state index in [2.05, 4.69) is 34.5 Å². The number of rotatable bonds is 8. The van der Waals surface area contributed by atoms with Crippen molar-refractivity contribution in [2.75, 3.05) is 31.6 Å². The third kappa shape index (κ3) is 6.02. The number of hydrogen-bond acceptors (Lipinski definition) is 3. The van der Waals surface area contributed by atoms with Gasteiger partial charge in [0.2, 0.25) is 5.91 Å². The average molecular weight is 367 g/mol. The minimum atomic E-state index is 0.0700. The molecule has 3 rings (SSSR count). The Morgan fingerprint density at radius 1 is 0.963 bits per heavy atom. The van der Waals surface area contributed by atoms with Crippen molar-refractivity contribution >= 4 is 11.6 Å². The van der Waals surface area contributed by atoms with Crippen LogP contribution in [0.1, 0.15) is 36.8 Å². The monoisotopic (exact) mass is 366 g/mol. The quantitative estimate of drug-likeness (QED) is 0.719. The second-order valence-electron chi connectivity index (χ2n) is 7.19. The molecule has 1 N–H and O–H groups in total. The highest BCUT2D eigenvalue weighted by Gasteiger charge is 2.10. The van der Waals surface area contributed by atoms with Gasteiger partial charge in [0, 0.05) is 25.3 Å². The summed E-state index contributed by atoms with van der Waals surface area (Å²) in [7, 11) is 1.64. The van der Waals surface area contributed by atoms with Crippen LogP contribution in [0.15, 0.2) is 48.5 Å². The number of benzene rings is 2. The van der Waals surface area contributed by atoms with Gasteiger partial charge in [-0.3, -0.25) is 4.79 Å². The van der Waals surface area contributed by atoms with E-state index in [4.69, 9.17) is 4.74 Å². The molecule has 0 aliphatic carbocycles. The molecule has 0 atom stereocenters. The highest BCUT2D eigenvalue weighted by atomic mass is 16.5. The molecule has 0 spiro atoms. The molecule has 2 aromatic carbocycles. The highest BCUT2D eigenvalue weighted by Crippen LogP contribution is 2.20. The molecule has 0 saturated carbocycles. The molecule has 1 aliphatic heterocycles. The van der Waals surface area contributed by atoms with Crippen molar-refractivity contribution in [3.63, 3.8) is 0 Å². The van der Waals surface area contributed by atoms with Gasteiger partial charge in [-0.25, -0.2) is 0 Å². The van der Waals surface area contributed by atoms with Gasteiger partial charge in [-0.1, -0.05) is 24.3 Å². The van der Waals surface area contributed by atoms with Crippen LogP contribution in [-0.4, -0.2) is 32.7 Å². The van der Waals surface area contributed by atoms with Gasteiger partial charge in [0.1, 0.15) is 5.75 Å². The molecule has 0 bridgehead atoms. The normalized spacial score (nSPS) is 14.0. The van der Waals surface area contributed by atoms with Gasteiger partial charge in [-0.15, -0.1) is 0 Å². The molecule has 1 aliphatic rings. The van der Waals surface area contributed by atoms with E-state index in [1.807, 2.05) is 24.3 Å². The van der Waals surface area contributed by atoms with Gasteiger partial charge in [-0.2, -0.15) is 0 Å². The Morgan fingerprint density at radius 3 is 2.30 bits per heavy atom. The van der Waals surface area contributed by atoms with Crippen LogP contribution in [0.25, 0.3) is 0 Å². The predicted octanol–water partition coefficient (Wildman–Crippen LogP) is 3.98. The Bertz CT molecular complexity index is 704. The number of amides is 1. The van der Waals surface area contributed by atoms with Crippen molar-refractivity contribution in [1.29, 1.82) is 0 Å². The van der Waals surface area contributed by atoms with E-state index in [1.54, 1.807) is 7.11 Å². The lowest BCUT2D eigenvalue weighted by atomic mass is 10.1. The summed E-state index contributed by atoms with van der Waals surface area (Å²) >= 11 is 0. The average Bonchev–Trinajstić information content (AvgIpc) is 2.73. The lowest BCUT2D eigenvalue weighted by molar-refractivity contribution is -0.120. The maximum atomic E-state index is 12.1. The van der Waals surface area contributed by atoms with Crippen LogP contribution < -0.4 is 15.0 Å². The summed E-state index contributed by atoms with van der Waals surface area (Å²) in [6.07, 6.45) is 6.32. The van der Waals surface area contributed by atoms with Crippen molar-refractivity contribution in [1.82, 2.24) is 5.32 Å². The third-order valence-electron chi connectivity index (χ3n) is 5.15. The minimum Gasteiger partial charge on any atom is -0.497 e. The Balaban J connectivity index is 1.36. The van der Waals surface area contributed by atoms with E-state index in [9.17, 15) is 4.79 Å². The molecule has 0 unspecified atom stereocenters. The number of aryl methyl sites for hydroxylation is 1. The summed E-state index contributed by atoms with van der Waals surface area (Å²) in [5.74, 6) is 0.881. The topological polar surface area (TPSA) is 41.6 Å². The lowest BCUT2D eigenvalue weighted by Gasteiger charge is -2.28. The molecule has 0 aromatic heterocycles. The van der Waals surface area contributed by atoms with Gasteiger partial charge in [0.25, 0.3) is 0 Å². The van der Waals surface area contributed by atoms with Crippen molar-refractivity contribution in [2.24, 2.45) is 0 Å². The molecule has 144 valence electrons. The Morgan fingerprint density at radius 2 is 1.63 bits per heavy atom. The number of hydrogen-bond donors (Lipinski definition) is 1. The predicted molar refractivity (Wildman–Crippen MR) is 111 cm³/mol. The zero-order valence-corrected chi connectivity index (χ0v) is 16.2. The first-order valence-corrected chi connectivity index (χ1v) is 9.98. The number of nitrogens with one attached hydrogen (secondary N) is 1.